The molecule has 1 N–H and O–H groups in total. The first-order chi connectivity index (χ1) is 7.79. The number of hydrogen-bond acceptors (Lipinski definition) is 2. The van der Waals surface area contributed by atoms with Crippen LogP contribution in [0.1, 0.15) is 12.0 Å². The zero-order valence-corrected chi connectivity index (χ0v) is 9.55. The highest BCUT2D eigenvalue weighted by molar-refractivity contribution is 7.80. The molecule has 0 atom stereocenters. The predicted octanol–water partition coefficient (Wildman–Crippen LogP) is 2.20. The quantitative estimate of drug-likeness (QED) is 0.570. The van der Waals surface area contributed by atoms with Gasteiger partial charge in [0.25, 0.3) is 0 Å². The van der Waals surface area contributed by atoms with Crippen molar-refractivity contribution in [3.8, 4) is 11.8 Å². The Labute approximate surface area is 99.1 Å². The molecule has 80 valence electrons. The van der Waals surface area contributed by atoms with Gasteiger partial charge in [0, 0.05) is 30.0 Å². The first kappa shape index (κ1) is 10.8. The number of aromatic nitrogens is 1. The third-order valence-electron chi connectivity index (χ3n) is 2.21. The summed E-state index contributed by atoms with van der Waals surface area (Å²) in [5, 5.41) is 1.93. The van der Waals surface area contributed by atoms with E-state index >= 15 is 0 Å². The maximum Gasteiger partial charge on any atom is 0.248 e. The van der Waals surface area contributed by atoms with E-state index in [0.29, 0.717) is 0 Å². The van der Waals surface area contributed by atoms with Crippen LogP contribution >= 0.6 is 12.6 Å². The second-order valence-corrected chi connectivity index (χ2v) is 3.86. The minimum absolute atomic E-state index is 0.0898. The highest BCUT2D eigenvalue weighted by Crippen LogP contribution is 2.12. The Bertz CT molecular complexity index is 619. The molecule has 1 aromatic heterocycles. The molecule has 0 aliphatic carbocycles. The Morgan fingerprint density at radius 1 is 1.25 bits per heavy atom. The molecular formula is C13H11NOS. The lowest BCUT2D eigenvalue weighted by Gasteiger charge is -1.96. The molecule has 1 aromatic carbocycles. The highest BCUT2D eigenvalue weighted by atomic mass is 32.1. The number of nitrogens with one attached hydrogen (secondary N) is 1. The molecule has 0 bridgehead atoms. The number of H-pyrrole nitrogens is 1. The summed E-state index contributed by atoms with van der Waals surface area (Å²) in [5.74, 6) is 6.83. The van der Waals surface area contributed by atoms with Crippen LogP contribution in [0.3, 0.4) is 0 Å². The smallest absolute Gasteiger partial charge is 0.248 e. The summed E-state index contributed by atoms with van der Waals surface area (Å²) in [5.41, 5.74) is 0.841. The van der Waals surface area contributed by atoms with Gasteiger partial charge in [0.2, 0.25) is 5.56 Å². The lowest BCUT2D eigenvalue weighted by Crippen LogP contribution is -2.01. The Balaban J connectivity index is 2.44. The van der Waals surface area contributed by atoms with Crippen LogP contribution in [0.15, 0.2) is 35.3 Å². The van der Waals surface area contributed by atoms with Crippen molar-refractivity contribution in [2.75, 3.05) is 5.75 Å². The SMILES string of the molecule is O=c1cc2cc(C#CCCS)ccc2c[nH]1. The lowest BCUT2D eigenvalue weighted by atomic mass is 10.1. The van der Waals surface area contributed by atoms with Gasteiger partial charge >= 0.3 is 0 Å². The van der Waals surface area contributed by atoms with E-state index in [4.69, 9.17) is 0 Å². The molecule has 2 nitrogen and oxygen atoms in total. The van der Waals surface area contributed by atoms with Crippen molar-refractivity contribution in [1.82, 2.24) is 4.98 Å². The second kappa shape index (κ2) is 4.91. The molecule has 0 radical (unpaired) electrons. The Kier molecular flexibility index (Phi) is 3.33. The van der Waals surface area contributed by atoms with Gasteiger partial charge in [0.15, 0.2) is 0 Å². The molecular weight excluding hydrogens is 218 g/mol. The molecule has 0 aliphatic heterocycles. The minimum Gasteiger partial charge on any atom is -0.328 e. The molecule has 0 saturated heterocycles. The van der Waals surface area contributed by atoms with Crippen LogP contribution in [-0.4, -0.2) is 10.7 Å². The van der Waals surface area contributed by atoms with Crippen molar-refractivity contribution in [1.29, 1.82) is 0 Å². The van der Waals surface area contributed by atoms with Gasteiger partial charge in [-0.15, -0.1) is 0 Å². The van der Waals surface area contributed by atoms with Crippen LogP contribution < -0.4 is 5.56 Å². The fraction of sp³-hybridized carbons (Fsp3) is 0.154. The van der Waals surface area contributed by atoms with E-state index < -0.39 is 0 Å². The molecule has 0 amide bonds. The van der Waals surface area contributed by atoms with Crippen LogP contribution in [-0.2, 0) is 0 Å². The van der Waals surface area contributed by atoms with E-state index in [0.717, 1.165) is 28.5 Å². The number of thiol groups is 1. The molecule has 1 heterocycles. The first-order valence-electron chi connectivity index (χ1n) is 5.02. The van der Waals surface area contributed by atoms with Crippen molar-refractivity contribution in [2.45, 2.75) is 6.42 Å². The number of benzene rings is 1. The van der Waals surface area contributed by atoms with Gasteiger partial charge in [-0.1, -0.05) is 17.9 Å². The molecule has 2 rings (SSSR count). The number of rotatable bonds is 1. The van der Waals surface area contributed by atoms with Crippen LogP contribution in [0.5, 0.6) is 0 Å². The van der Waals surface area contributed by atoms with Gasteiger partial charge in [0.1, 0.15) is 0 Å². The van der Waals surface area contributed by atoms with E-state index in [-0.39, 0.29) is 5.56 Å². The van der Waals surface area contributed by atoms with E-state index in [1.807, 2.05) is 18.2 Å². The van der Waals surface area contributed by atoms with Crippen LogP contribution in [0, 0.1) is 11.8 Å². The molecule has 0 saturated carbocycles. The maximum absolute atomic E-state index is 11.2. The fourth-order valence-electron chi connectivity index (χ4n) is 1.46. The Morgan fingerprint density at radius 2 is 2.12 bits per heavy atom. The fourth-order valence-corrected chi connectivity index (χ4v) is 1.57. The van der Waals surface area contributed by atoms with Gasteiger partial charge in [-0.25, -0.2) is 0 Å². The number of hydrogen-bond donors (Lipinski definition) is 2. The van der Waals surface area contributed by atoms with E-state index in [1.165, 1.54) is 0 Å². The lowest BCUT2D eigenvalue weighted by molar-refractivity contribution is 1.27. The van der Waals surface area contributed by atoms with Crippen molar-refractivity contribution in [2.24, 2.45) is 0 Å². The summed E-state index contributed by atoms with van der Waals surface area (Å²) in [6, 6.07) is 7.41. The van der Waals surface area contributed by atoms with E-state index in [9.17, 15) is 4.79 Å². The molecule has 16 heavy (non-hydrogen) atoms. The summed E-state index contributed by atoms with van der Waals surface area (Å²) in [6.07, 6.45) is 2.49. The number of aromatic amines is 1. The summed E-state index contributed by atoms with van der Waals surface area (Å²) >= 11 is 4.09. The number of pyridine rings is 1. The zero-order valence-electron chi connectivity index (χ0n) is 8.66. The molecule has 2 aromatic rings. The Hall–Kier alpha value is -1.66. The molecule has 0 unspecified atom stereocenters. The molecule has 3 heteroatoms. The average molecular weight is 229 g/mol. The van der Waals surface area contributed by atoms with Gasteiger partial charge in [-0.3, -0.25) is 4.79 Å². The van der Waals surface area contributed by atoms with Gasteiger partial charge in [-0.2, -0.15) is 12.6 Å². The second-order valence-electron chi connectivity index (χ2n) is 3.42. The van der Waals surface area contributed by atoms with Crippen LogP contribution in [0.2, 0.25) is 0 Å². The standard InChI is InChI=1S/C13H11NOS/c15-13-8-12-7-10(3-1-2-6-16)4-5-11(12)9-14-13/h4-5,7-9,16H,2,6H2,(H,14,15). The highest BCUT2D eigenvalue weighted by Gasteiger charge is 1.94. The topological polar surface area (TPSA) is 32.9 Å². The van der Waals surface area contributed by atoms with Crippen molar-refractivity contribution in [3.63, 3.8) is 0 Å². The molecule has 0 spiro atoms. The maximum atomic E-state index is 11.2. The summed E-state index contributed by atoms with van der Waals surface area (Å²) < 4.78 is 0. The summed E-state index contributed by atoms with van der Waals surface area (Å²) in [4.78, 5) is 13.8. The largest absolute Gasteiger partial charge is 0.328 e. The van der Waals surface area contributed by atoms with Crippen LogP contribution in [0.4, 0.5) is 0 Å². The molecule has 0 fully saturated rings. The Morgan fingerprint density at radius 3 is 2.94 bits per heavy atom. The first-order valence-corrected chi connectivity index (χ1v) is 5.65. The predicted molar refractivity (Wildman–Crippen MR) is 69.9 cm³/mol. The van der Waals surface area contributed by atoms with E-state index in [2.05, 4.69) is 29.5 Å². The number of fused-ring (bicyclic) bond motifs is 1. The van der Waals surface area contributed by atoms with Gasteiger partial charge < -0.3 is 4.98 Å². The van der Waals surface area contributed by atoms with E-state index in [1.54, 1.807) is 12.3 Å². The zero-order chi connectivity index (χ0) is 11.4. The monoisotopic (exact) mass is 229 g/mol. The van der Waals surface area contributed by atoms with Crippen molar-refractivity contribution in [3.05, 3.63) is 46.4 Å². The third kappa shape index (κ3) is 2.47. The average Bonchev–Trinajstić information content (AvgIpc) is 2.29. The molecule has 0 aliphatic rings. The summed E-state index contributed by atoms with van der Waals surface area (Å²) in [6.45, 7) is 0. The van der Waals surface area contributed by atoms with Crippen molar-refractivity contribution < 1.29 is 0 Å². The minimum atomic E-state index is -0.0898. The normalized spacial score (nSPS) is 9.81. The van der Waals surface area contributed by atoms with Gasteiger partial charge in [0.05, 0.1) is 0 Å². The van der Waals surface area contributed by atoms with Crippen LogP contribution in [0.25, 0.3) is 10.8 Å². The third-order valence-corrected chi connectivity index (χ3v) is 2.44. The van der Waals surface area contributed by atoms with Crippen molar-refractivity contribution >= 4 is 23.4 Å². The van der Waals surface area contributed by atoms with Gasteiger partial charge in [-0.05, 0) is 22.9 Å². The summed E-state index contributed by atoms with van der Waals surface area (Å²) in [7, 11) is 0.